The van der Waals surface area contributed by atoms with E-state index in [0.717, 1.165) is 62.7 Å². The van der Waals surface area contributed by atoms with Gasteiger partial charge in [0.1, 0.15) is 0 Å². The SMILES string of the molecule is CN1CC[C@]2(c3ccc(OCC4CC4)c(OC4CCCC4)c3)CC[C@@H](O)C=C12. The molecule has 1 N–H and O–H groups in total. The molecule has 4 heteroatoms. The zero-order valence-electron chi connectivity index (χ0n) is 17.0. The molecule has 152 valence electrons. The lowest BCUT2D eigenvalue weighted by Gasteiger charge is -2.37. The lowest BCUT2D eigenvalue weighted by Crippen LogP contribution is -2.33. The number of hydrogen-bond acceptors (Lipinski definition) is 4. The van der Waals surface area contributed by atoms with Gasteiger partial charge in [0.05, 0.1) is 18.8 Å². The molecule has 0 radical (unpaired) electrons. The molecule has 1 aliphatic heterocycles. The Labute approximate surface area is 168 Å². The largest absolute Gasteiger partial charge is 0.489 e. The highest BCUT2D eigenvalue weighted by atomic mass is 16.5. The number of likely N-dealkylation sites (N-methyl/N-ethyl adjacent to an activating group) is 1. The molecule has 0 aromatic heterocycles. The van der Waals surface area contributed by atoms with Crippen molar-refractivity contribution in [2.24, 2.45) is 5.92 Å². The molecule has 2 saturated carbocycles. The topological polar surface area (TPSA) is 41.9 Å². The van der Waals surface area contributed by atoms with Crippen molar-refractivity contribution in [3.8, 4) is 11.5 Å². The predicted molar refractivity (Wildman–Crippen MR) is 110 cm³/mol. The summed E-state index contributed by atoms with van der Waals surface area (Å²) in [6.07, 6.45) is 12.4. The number of rotatable bonds is 6. The van der Waals surface area contributed by atoms with Gasteiger partial charge in [0, 0.05) is 24.7 Å². The summed E-state index contributed by atoms with van der Waals surface area (Å²) >= 11 is 0. The minimum Gasteiger partial charge on any atom is -0.489 e. The number of likely N-dealkylation sites (tertiary alicyclic amines) is 1. The standard InChI is InChI=1S/C24H33NO3/c1-25-13-12-24(11-10-19(26)15-23(24)25)18-8-9-21(27-16-17-6-7-17)22(14-18)28-20-4-2-3-5-20/h8-9,14-15,17,19-20,26H,2-7,10-13,16H2,1H3/t19-,24+/m1/s1. The number of aliphatic hydroxyl groups excluding tert-OH is 1. The van der Waals surface area contributed by atoms with Gasteiger partial charge in [-0.1, -0.05) is 6.07 Å². The van der Waals surface area contributed by atoms with Crippen molar-refractivity contribution in [2.45, 2.75) is 75.4 Å². The first kappa shape index (κ1) is 18.4. The van der Waals surface area contributed by atoms with Crippen LogP contribution in [0.2, 0.25) is 0 Å². The molecule has 1 aromatic rings. The van der Waals surface area contributed by atoms with Gasteiger partial charge in [-0.05, 0) is 87.5 Å². The maximum absolute atomic E-state index is 10.2. The van der Waals surface area contributed by atoms with Gasteiger partial charge in [-0.2, -0.15) is 0 Å². The second-order valence-corrected chi connectivity index (χ2v) is 9.35. The van der Waals surface area contributed by atoms with Crippen molar-refractivity contribution < 1.29 is 14.6 Å². The van der Waals surface area contributed by atoms with E-state index in [-0.39, 0.29) is 11.5 Å². The maximum Gasteiger partial charge on any atom is 0.161 e. The predicted octanol–water partition coefficient (Wildman–Crippen LogP) is 4.41. The fraction of sp³-hybridized carbons (Fsp3) is 0.667. The first-order valence-electron chi connectivity index (χ1n) is 11.2. The highest BCUT2D eigenvalue weighted by Crippen LogP contribution is 2.50. The van der Waals surface area contributed by atoms with Crippen LogP contribution in [0.25, 0.3) is 0 Å². The Morgan fingerprint density at radius 2 is 1.89 bits per heavy atom. The van der Waals surface area contributed by atoms with Crippen molar-refractivity contribution in [3.63, 3.8) is 0 Å². The zero-order valence-corrected chi connectivity index (χ0v) is 17.0. The van der Waals surface area contributed by atoms with Crippen molar-refractivity contribution in [1.29, 1.82) is 0 Å². The molecule has 2 atom stereocenters. The van der Waals surface area contributed by atoms with E-state index in [1.165, 1.54) is 36.9 Å². The number of nitrogens with zero attached hydrogens (tertiary/aromatic N) is 1. The van der Waals surface area contributed by atoms with E-state index in [0.29, 0.717) is 6.10 Å². The zero-order chi connectivity index (χ0) is 19.1. The van der Waals surface area contributed by atoms with Crippen LogP contribution in [0.5, 0.6) is 11.5 Å². The summed E-state index contributed by atoms with van der Waals surface area (Å²) in [7, 11) is 2.15. The normalized spacial score (nSPS) is 30.3. The first-order valence-corrected chi connectivity index (χ1v) is 11.2. The highest BCUT2D eigenvalue weighted by Gasteiger charge is 2.45. The number of hydrogen-bond donors (Lipinski definition) is 1. The van der Waals surface area contributed by atoms with Crippen LogP contribution in [0.1, 0.15) is 63.4 Å². The molecule has 4 aliphatic rings. The molecule has 3 aliphatic carbocycles. The van der Waals surface area contributed by atoms with Gasteiger partial charge in [-0.25, -0.2) is 0 Å². The molecular formula is C24H33NO3. The summed E-state index contributed by atoms with van der Waals surface area (Å²) in [5.41, 5.74) is 2.61. The summed E-state index contributed by atoms with van der Waals surface area (Å²) in [5.74, 6) is 2.57. The first-order chi connectivity index (χ1) is 13.6. The van der Waals surface area contributed by atoms with Gasteiger partial charge in [-0.15, -0.1) is 0 Å². The van der Waals surface area contributed by atoms with Crippen LogP contribution in [-0.4, -0.2) is 42.4 Å². The molecule has 1 heterocycles. The Morgan fingerprint density at radius 3 is 2.68 bits per heavy atom. The molecule has 0 bridgehead atoms. The van der Waals surface area contributed by atoms with Gasteiger partial charge in [0.15, 0.2) is 11.5 Å². The average Bonchev–Trinajstić information content (AvgIpc) is 3.28. The van der Waals surface area contributed by atoms with Gasteiger partial charge < -0.3 is 19.5 Å². The Bertz CT molecular complexity index is 750. The van der Waals surface area contributed by atoms with Crippen molar-refractivity contribution in [1.82, 2.24) is 4.90 Å². The lowest BCUT2D eigenvalue weighted by atomic mass is 9.70. The molecular weight excluding hydrogens is 350 g/mol. The Morgan fingerprint density at radius 1 is 1.07 bits per heavy atom. The second kappa shape index (κ2) is 7.29. The van der Waals surface area contributed by atoms with Gasteiger partial charge >= 0.3 is 0 Å². The number of ether oxygens (including phenoxy) is 2. The van der Waals surface area contributed by atoms with E-state index >= 15 is 0 Å². The van der Waals surface area contributed by atoms with Gasteiger partial charge in [-0.3, -0.25) is 0 Å². The third-order valence-electron chi connectivity index (χ3n) is 7.26. The third kappa shape index (κ3) is 3.41. The molecule has 1 saturated heterocycles. The summed E-state index contributed by atoms with van der Waals surface area (Å²) in [4.78, 5) is 2.32. The number of benzene rings is 1. The van der Waals surface area contributed by atoms with E-state index in [1.54, 1.807) is 0 Å². The monoisotopic (exact) mass is 383 g/mol. The number of aliphatic hydroxyl groups is 1. The molecule has 0 amide bonds. The van der Waals surface area contributed by atoms with Crippen molar-refractivity contribution >= 4 is 0 Å². The van der Waals surface area contributed by atoms with Gasteiger partial charge in [0.25, 0.3) is 0 Å². The van der Waals surface area contributed by atoms with E-state index in [4.69, 9.17) is 9.47 Å². The quantitative estimate of drug-likeness (QED) is 0.790. The lowest BCUT2D eigenvalue weighted by molar-refractivity contribution is 0.180. The van der Waals surface area contributed by atoms with Crippen LogP contribution in [0.15, 0.2) is 30.0 Å². The molecule has 5 rings (SSSR count). The summed E-state index contributed by atoms with van der Waals surface area (Å²) in [5, 5.41) is 10.2. The van der Waals surface area contributed by atoms with E-state index < -0.39 is 0 Å². The summed E-state index contributed by atoms with van der Waals surface area (Å²) < 4.78 is 12.6. The van der Waals surface area contributed by atoms with E-state index in [2.05, 4.69) is 36.2 Å². The van der Waals surface area contributed by atoms with Crippen molar-refractivity contribution in [2.75, 3.05) is 20.2 Å². The van der Waals surface area contributed by atoms with Crippen LogP contribution < -0.4 is 9.47 Å². The number of fused-ring (bicyclic) bond motifs is 1. The minimum atomic E-state index is -0.320. The summed E-state index contributed by atoms with van der Waals surface area (Å²) in [6.45, 7) is 1.85. The fourth-order valence-corrected chi connectivity index (χ4v) is 5.30. The minimum absolute atomic E-state index is 0.0107. The van der Waals surface area contributed by atoms with Gasteiger partial charge in [0.2, 0.25) is 0 Å². The molecule has 28 heavy (non-hydrogen) atoms. The third-order valence-corrected chi connectivity index (χ3v) is 7.26. The average molecular weight is 384 g/mol. The maximum atomic E-state index is 10.2. The highest BCUT2D eigenvalue weighted by molar-refractivity contribution is 5.50. The van der Waals surface area contributed by atoms with Crippen LogP contribution in [-0.2, 0) is 5.41 Å². The fourth-order valence-electron chi connectivity index (χ4n) is 5.30. The Balaban J connectivity index is 1.47. The molecule has 0 spiro atoms. The van der Waals surface area contributed by atoms with E-state index in [1.807, 2.05) is 0 Å². The smallest absolute Gasteiger partial charge is 0.161 e. The molecule has 4 nitrogen and oxygen atoms in total. The Kier molecular flexibility index (Phi) is 4.78. The molecule has 1 aromatic carbocycles. The van der Waals surface area contributed by atoms with Crippen LogP contribution in [0.4, 0.5) is 0 Å². The van der Waals surface area contributed by atoms with Crippen LogP contribution in [0, 0.1) is 5.92 Å². The molecule has 3 fully saturated rings. The van der Waals surface area contributed by atoms with E-state index in [9.17, 15) is 5.11 Å². The summed E-state index contributed by atoms with van der Waals surface area (Å²) in [6, 6.07) is 6.64. The Hall–Kier alpha value is -1.68. The number of allylic oxidation sites excluding steroid dienone is 1. The van der Waals surface area contributed by atoms with Crippen LogP contribution in [0.3, 0.4) is 0 Å². The van der Waals surface area contributed by atoms with Crippen LogP contribution >= 0.6 is 0 Å². The molecule has 0 unspecified atom stereocenters. The second-order valence-electron chi connectivity index (χ2n) is 9.35. The van der Waals surface area contributed by atoms with Crippen molar-refractivity contribution in [3.05, 3.63) is 35.5 Å².